The summed E-state index contributed by atoms with van der Waals surface area (Å²) < 4.78 is 0. The Kier molecular flexibility index (Phi) is 6.52. The van der Waals surface area contributed by atoms with Crippen LogP contribution in [0, 0.1) is 23.7 Å². The molecule has 0 aliphatic heterocycles. The molecule has 4 rings (SSSR count). The van der Waals surface area contributed by atoms with Crippen LogP contribution < -0.4 is 0 Å². The molecule has 0 radical (unpaired) electrons. The van der Waals surface area contributed by atoms with Gasteiger partial charge in [0.05, 0.1) is 13.1 Å². The van der Waals surface area contributed by atoms with Gasteiger partial charge in [0.1, 0.15) is 6.04 Å². The lowest BCUT2D eigenvalue weighted by Crippen LogP contribution is -2.39. The Morgan fingerprint density at radius 2 is 1.19 bits per heavy atom. The summed E-state index contributed by atoms with van der Waals surface area (Å²) in [5.41, 5.74) is 1.88. The fourth-order valence-corrected chi connectivity index (χ4v) is 3.63. The maximum absolute atomic E-state index is 11.6. The quantitative estimate of drug-likeness (QED) is 0.466. The fraction of sp³-hybridized carbons (Fsp3) is 0.138. The standard InChI is InChI=1S/C29H23NO2/c1-22(29(31)32)30(20-8-16-25-14-6-12-23-10-2-4-18-27(23)25)21-9-17-26-15-7-13-24-11-3-5-19-28(24)26/h2-7,10-15,18-19,22H,20-21H2,1H3,(H,31,32)/t22-/m0/s1. The number of hydrogen-bond acceptors (Lipinski definition) is 2. The molecular weight excluding hydrogens is 394 g/mol. The van der Waals surface area contributed by atoms with Crippen molar-refractivity contribution in [2.45, 2.75) is 13.0 Å². The number of carboxylic acids is 1. The van der Waals surface area contributed by atoms with Crippen LogP contribution in [0.3, 0.4) is 0 Å². The fourth-order valence-electron chi connectivity index (χ4n) is 3.63. The number of nitrogens with zero attached hydrogens (tertiary/aromatic N) is 1. The molecule has 0 bridgehead atoms. The topological polar surface area (TPSA) is 40.5 Å². The monoisotopic (exact) mass is 417 g/mol. The van der Waals surface area contributed by atoms with Gasteiger partial charge in [-0.25, -0.2) is 0 Å². The van der Waals surface area contributed by atoms with Crippen molar-refractivity contribution >= 4 is 27.5 Å². The van der Waals surface area contributed by atoms with Gasteiger partial charge >= 0.3 is 5.97 Å². The molecule has 0 aliphatic carbocycles. The Balaban J connectivity index is 1.55. The average Bonchev–Trinajstić information content (AvgIpc) is 2.83. The number of carboxylic acid groups (broad SMARTS) is 1. The van der Waals surface area contributed by atoms with Crippen molar-refractivity contribution in [2.75, 3.05) is 13.1 Å². The number of aliphatic carboxylic acids is 1. The van der Waals surface area contributed by atoms with Crippen molar-refractivity contribution in [3.63, 3.8) is 0 Å². The van der Waals surface area contributed by atoms with Crippen LogP contribution in [0.15, 0.2) is 84.9 Å². The highest BCUT2D eigenvalue weighted by Gasteiger charge is 2.18. The highest BCUT2D eigenvalue weighted by molar-refractivity contribution is 5.88. The normalized spacial score (nSPS) is 11.4. The molecule has 156 valence electrons. The van der Waals surface area contributed by atoms with Gasteiger partial charge in [0.25, 0.3) is 0 Å². The first-order valence-electron chi connectivity index (χ1n) is 10.5. The number of hydrogen-bond donors (Lipinski definition) is 1. The van der Waals surface area contributed by atoms with Crippen LogP contribution in [0.1, 0.15) is 18.1 Å². The first-order chi connectivity index (χ1) is 15.6. The number of rotatable bonds is 4. The van der Waals surface area contributed by atoms with E-state index >= 15 is 0 Å². The van der Waals surface area contributed by atoms with E-state index in [1.807, 2.05) is 60.7 Å². The molecular formula is C29H23NO2. The van der Waals surface area contributed by atoms with Crippen LogP contribution >= 0.6 is 0 Å². The van der Waals surface area contributed by atoms with E-state index < -0.39 is 12.0 Å². The molecule has 0 aromatic heterocycles. The number of fused-ring (bicyclic) bond motifs is 2. The molecule has 1 N–H and O–H groups in total. The van der Waals surface area contributed by atoms with Crippen LogP contribution in [-0.4, -0.2) is 35.1 Å². The Morgan fingerprint density at radius 3 is 1.66 bits per heavy atom. The van der Waals surface area contributed by atoms with Gasteiger partial charge < -0.3 is 5.11 Å². The second-order valence-corrected chi connectivity index (χ2v) is 7.58. The van der Waals surface area contributed by atoms with Gasteiger partial charge in [-0.2, -0.15) is 0 Å². The Morgan fingerprint density at radius 1 is 0.750 bits per heavy atom. The summed E-state index contributed by atoms with van der Waals surface area (Å²) >= 11 is 0. The van der Waals surface area contributed by atoms with Crippen LogP contribution in [0.4, 0.5) is 0 Å². The molecule has 0 aliphatic rings. The lowest BCUT2D eigenvalue weighted by atomic mass is 10.0. The van der Waals surface area contributed by atoms with Crippen LogP contribution in [0.2, 0.25) is 0 Å². The Hall–Kier alpha value is -4.05. The zero-order valence-corrected chi connectivity index (χ0v) is 17.9. The molecule has 4 aromatic carbocycles. The van der Waals surface area contributed by atoms with Crippen LogP contribution in [-0.2, 0) is 4.79 Å². The van der Waals surface area contributed by atoms with Crippen molar-refractivity contribution in [1.29, 1.82) is 0 Å². The Bertz CT molecular complexity index is 1290. The lowest BCUT2D eigenvalue weighted by molar-refractivity contribution is -0.142. The molecule has 0 saturated carbocycles. The molecule has 32 heavy (non-hydrogen) atoms. The predicted molar refractivity (Wildman–Crippen MR) is 130 cm³/mol. The SMILES string of the molecule is C[C@@H](C(=O)O)N(CC#Cc1cccc2ccccc12)CC#Cc1cccc2ccccc12. The predicted octanol–water partition coefficient (Wildman–Crippen LogP) is 5.17. The average molecular weight is 418 g/mol. The molecule has 0 spiro atoms. The highest BCUT2D eigenvalue weighted by atomic mass is 16.4. The second-order valence-electron chi connectivity index (χ2n) is 7.58. The van der Waals surface area contributed by atoms with Crippen molar-refractivity contribution in [3.8, 4) is 23.7 Å². The van der Waals surface area contributed by atoms with Gasteiger partial charge in [0.15, 0.2) is 0 Å². The van der Waals surface area contributed by atoms with E-state index in [4.69, 9.17) is 0 Å². The van der Waals surface area contributed by atoms with Gasteiger partial charge in [-0.05, 0) is 40.6 Å². The molecule has 3 heteroatoms. The zero-order valence-electron chi connectivity index (χ0n) is 17.9. The minimum Gasteiger partial charge on any atom is -0.480 e. The minimum absolute atomic E-state index is 0.320. The van der Waals surface area contributed by atoms with Crippen molar-refractivity contribution in [1.82, 2.24) is 4.90 Å². The molecule has 0 amide bonds. The summed E-state index contributed by atoms with van der Waals surface area (Å²) in [5.74, 6) is 11.8. The summed E-state index contributed by atoms with van der Waals surface area (Å²) in [5, 5.41) is 14.0. The molecule has 0 heterocycles. The van der Waals surface area contributed by atoms with Gasteiger partial charge in [0.2, 0.25) is 0 Å². The third-order valence-corrected chi connectivity index (χ3v) is 5.49. The van der Waals surface area contributed by atoms with E-state index in [2.05, 4.69) is 47.9 Å². The second kappa shape index (κ2) is 9.84. The van der Waals surface area contributed by atoms with Crippen molar-refractivity contribution in [3.05, 3.63) is 96.1 Å². The highest BCUT2D eigenvalue weighted by Crippen LogP contribution is 2.18. The molecule has 1 atom stereocenters. The first-order valence-corrected chi connectivity index (χ1v) is 10.5. The summed E-state index contributed by atoms with van der Waals surface area (Å²) in [7, 11) is 0. The lowest BCUT2D eigenvalue weighted by Gasteiger charge is -2.21. The van der Waals surface area contributed by atoms with Gasteiger partial charge in [0, 0.05) is 11.1 Å². The Labute approximate surface area is 188 Å². The van der Waals surface area contributed by atoms with E-state index in [1.165, 1.54) is 0 Å². The summed E-state index contributed by atoms with van der Waals surface area (Å²) in [6, 6.07) is 27.6. The van der Waals surface area contributed by atoms with Gasteiger partial charge in [-0.3, -0.25) is 9.69 Å². The summed E-state index contributed by atoms with van der Waals surface area (Å²) in [4.78, 5) is 13.4. The van der Waals surface area contributed by atoms with E-state index in [-0.39, 0.29) is 0 Å². The first kappa shape index (κ1) is 21.2. The van der Waals surface area contributed by atoms with Crippen molar-refractivity contribution in [2.24, 2.45) is 0 Å². The molecule has 0 saturated heterocycles. The third-order valence-electron chi connectivity index (χ3n) is 5.49. The third kappa shape index (κ3) is 4.81. The summed E-state index contributed by atoms with van der Waals surface area (Å²) in [6.45, 7) is 2.31. The molecule has 0 fully saturated rings. The number of carbonyl (C=O) groups is 1. The minimum atomic E-state index is -0.885. The van der Waals surface area contributed by atoms with E-state index in [1.54, 1.807) is 11.8 Å². The van der Waals surface area contributed by atoms with E-state index in [9.17, 15) is 9.90 Å². The maximum atomic E-state index is 11.6. The van der Waals surface area contributed by atoms with Crippen molar-refractivity contribution < 1.29 is 9.90 Å². The van der Waals surface area contributed by atoms with E-state index in [0.717, 1.165) is 32.7 Å². The zero-order chi connectivity index (χ0) is 22.3. The number of benzene rings is 4. The van der Waals surface area contributed by atoms with Crippen LogP contribution in [0.25, 0.3) is 21.5 Å². The van der Waals surface area contributed by atoms with Crippen LogP contribution in [0.5, 0.6) is 0 Å². The molecule has 4 aromatic rings. The largest absolute Gasteiger partial charge is 0.480 e. The molecule has 0 unspecified atom stereocenters. The molecule has 3 nitrogen and oxygen atoms in total. The van der Waals surface area contributed by atoms with Gasteiger partial charge in [-0.15, -0.1) is 0 Å². The smallest absolute Gasteiger partial charge is 0.320 e. The van der Waals surface area contributed by atoms with Gasteiger partial charge in [-0.1, -0.05) is 96.5 Å². The maximum Gasteiger partial charge on any atom is 0.320 e. The summed E-state index contributed by atoms with van der Waals surface area (Å²) in [6.07, 6.45) is 0. The van der Waals surface area contributed by atoms with E-state index in [0.29, 0.717) is 13.1 Å².